The molecule has 7 heteroatoms. The molecule has 2 aliphatic heterocycles. The summed E-state index contributed by atoms with van der Waals surface area (Å²) in [7, 11) is 0. The Balaban J connectivity index is 2.20. The molecular formula is C14H21NO6. The summed E-state index contributed by atoms with van der Waals surface area (Å²) in [6.07, 6.45) is 0.129. The van der Waals surface area contributed by atoms with Crippen LogP contribution in [0.25, 0.3) is 0 Å². The van der Waals surface area contributed by atoms with Crippen molar-refractivity contribution in [3.63, 3.8) is 0 Å². The topological polar surface area (TPSA) is 82.1 Å². The highest BCUT2D eigenvalue weighted by molar-refractivity contribution is 5.68. The summed E-state index contributed by atoms with van der Waals surface area (Å²) in [5.41, 5.74) is 0. The van der Waals surface area contributed by atoms with Crippen molar-refractivity contribution < 1.29 is 28.6 Å². The van der Waals surface area contributed by atoms with E-state index in [-0.39, 0.29) is 18.1 Å². The van der Waals surface area contributed by atoms with Crippen molar-refractivity contribution >= 4 is 17.9 Å². The van der Waals surface area contributed by atoms with Crippen LogP contribution in [0.1, 0.15) is 33.6 Å². The lowest BCUT2D eigenvalue weighted by atomic mass is 9.96. The molecule has 2 aliphatic rings. The third kappa shape index (κ3) is 3.72. The first kappa shape index (κ1) is 15.8. The first-order chi connectivity index (χ1) is 9.88. The van der Waals surface area contributed by atoms with Gasteiger partial charge in [0, 0.05) is 27.3 Å². The Kier molecular flexibility index (Phi) is 4.82. The Morgan fingerprint density at radius 2 is 1.48 bits per heavy atom. The van der Waals surface area contributed by atoms with Gasteiger partial charge in [0.05, 0.1) is 6.04 Å². The van der Waals surface area contributed by atoms with E-state index in [4.69, 9.17) is 14.2 Å². The smallest absolute Gasteiger partial charge is 0.303 e. The normalized spacial score (nSPS) is 32.1. The number of carbonyl (C=O) groups excluding carboxylic acids is 3. The fraction of sp³-hybridized carbons (Fsp3) is 0.786. The lowest BCUT2D eigenvalue weighted by molar-refractivity contribution is -0.169. The highest BCUT2D eigenvalue weighted by atomic mass is 16.6. The molecule has 0 bridgehead atoms. The summed E-state index contributed by atoms with van der Waals surface area (Å²) in [5, 5.41) is 0. The van der Waals surface area contributed by atoms with Gasteiger partial charge in [0.25, 0.3) is 0 Å². The fourth-order valence-corrected chi connectivity index (χ4v) is 3.23. The summed E-state index contributed by atoms with van der Waals surface area (Å²) in [6, 6.07) is -0.254. The van der Waals surface area contributed by atoms with E-state index in [0.717, 1.165) is 13.0 Å². The van der Waals surface area contributed by atoms with Gasteiger partial charge in [-0.25, -0.2) is 0 Å². The molecule has 0 unspecified atom stereocenters. The maximum atomic E-state index is 11.3. The second-order valence-electron chi connectivity index (χ2n) is 5.50. The van der Waals surface area contributed by atoms with Gasteiger partial charge in [-0.3, -0.25) is 19.3 Å². The lowest BCUT2D eigenvalue weighted by Gasteiger charge is -2.37. The zero-order valence-electron chi connectivity index (χ0n) is 12.5. The fourth-order valence-electron chi connectivity index (χ4n) is 3.23. The van der Waals surface area contributed by atoms with Gasteiger partial charge in [-0.05, 0) is 19.4 Å². The van der Waals surface area contributed by atoms with Crippen LogP contribution in [0, 0.1) is 0 Å². The van der Waals surface area contributed by atoms with Crippen LogP contribution in [0.15, 0.2) is 0 Å². The molecule has 0 aromatic rings. The number of fused-ring (bicyclic) bond motifs is 1. The Hall–Kier alpha value is -1.63. The van der Waals surface area contributed by atoms with Crippen molar-refractivity contribution in [3.05, 3.63) is 0 Å². The second-order valence-corrected chi connectivity index (χ2v) is 5.50. The van der Waals surface area contributed by atoms with Gasteiger partial charge >= 0.3 is 17.9 Å². The average molecular weight is 299 g/mol. The summed E-state index contributed by atoms with van der Waals surface area (Å²) in [6.45, 7) is 5.29. The number of hydrogen-bond donors (Lipinski definition) is 0. The largest absolute Gasteiger partial charge is 0.461 e. The molecule has 0 aromatic heterocycles. The van der Waals surface area contributed by atoms with Crippen molar-refractivity contribution in [2.24, 2.45) is 0 Å². The summed E-state index contributed by atoms with van der Waals surface area (Å²) < 4.78 is 16.0. The van der Waals surface area contributed by atoms with Gasteiger partial charge < -0.3 is 14.2 Å². The van der Waals surface area contributed by atoms with Gasteiger partial charge in [-0.15, -0.1) is 0 Å². The maximum Gasteiger partial charge on any atom is 0.303 e. The molecule has 2 fully saturated rings. The molecule has 0 aromatic carbocycles. The molecule has 7 nitrogen and oxygen atoms in total. The Morgan fingerprint density at radius 1 is 0.905 bits per heavy atom. The highest BCUT2D eigenvalue weighted by Crippen LogP contribution is 2.33. The minimum Gasteiger partial charge on any atom is -0.461 e. The molecular weight excluding hydrogens is 278 g/mol. The summed E-state index contributed by atoms with van der Waals surface area (Å²) >= 11 is 0. The van der Waals surface area contributed by atoms with Gasteiger partial charge in [0.1, 0.15) is 6.10 Å². The Morgan fingerprint density at radius 3 is 2.05 bits per heavy atom. The van der Waals surface area contributed by atoms with E-state index >= 15 is 0 Å². The van der Waals surface area contributed by atoms with Crippen LogP contribution in [0.4, 0.5) is 0 Å². The molecule has 0 radical (unpaired) electrons. The van der Waals surface area contributed by atoms with Crippen LogP contribution in [0.5, 0.6) is 0 Å². The highest BCUT2D eigenvalue weighted by Gasteiger charge is 2.51. The predicted octanol–water partition coefficient (Wildman–Crippen LogP) is 0.259. The molecule has 0 amide bonds. The van der Waals surface area contributed by atoms with E-state index in [1.807, 2.05) is 0 Å². The van der Waals surface area contributed by atoms with E-state index in [2.05, 4.69) is 4.90 Å². The Labute approximate surface area is 123 Å². The van der Waals surface area contributed by atoms with Crippen molar-refractivity contribution in [3.8, 4) is 0 Å². The maximum absolute atomic E-state index is 11.3. The van der Waals surface area contributed by atoms with Crippen molar-refractivity contribution in [1.29, 1.82) is 0 Å². The first-order valence-corrected chi connectivity index (χ1v) is 7.14. The monoisotopic (exact) mass is 299 g/mol. The lowest BCUT2D eigenvalue weighted by Crippen LogP contribution is -2.51. The van der Waals surface area contributed by atoms with Crippen molar-refractivity contribution in [2.75, 3.05) is 13.1 Å². The van der Waals surface area contributed by atoms with E-state index < -0.39 is 24.1 Å². The Bertz CT molecular complexity index is 437. The molecule has 0 N–H and O–H groups in total. The number of ether oxygens (including phenoxy) is 3. The molecule has 21 heavy (non-hydrogen) atoms. The summed E-state index contributed by atoms with van der Waals surface area (Å²) in [4.78, 5) is 35.9. The van der Waals surface area contributed by atoms with Crippen LogP contribution in [-0.2, 0) is 28.6 Å². The third-order valence-electron chi connectivity index (χ3n) is 3.79. The number of hydrogen-bond acceptors (Lipinski definition) is 7. The SMILES string of the molecule is CC(=O)O[C@@H]1[C@H]2[C@H](OC(C)=O)CCCN2C[C@H]1OC(C)=O. The molecule has 0 spiro atoms. The molecule has 4 atom stereocenters. The van der Waals surface area contributed by atoms with E-state index in [0.29, 0.717) is 13.0 Å². The zero-order chi connectivity index (χ0) is 15.6. The van der Waals surface area contributed by atoms with Gasteiger partial charge in [-0.2, -0.15) is 0 Å². The number of piperidine rings is 1. The molecule has 2 rings (SSSR count). The van der Waals surface area contributed by atoms with Crippen LogP contribution in [0.3, 0.4) is 0 Å². The number of carbonyl (C=O) groups is 3. The molecule has 2 saturated heterocycles. The van der Waals surface area contributed by atoms with Crippen LogP contribution < -0.4 is 0 Å². The minimum atomic E-state index is -0.601. The third-order valence-corrected chi connectivity index (χ3v) is 3.79. The zero-order valence-corrected chi connectivity index (χ0v) is 12.5. The van der Waals surface area contributed by atoms with Crippen molar-refractivity contribution in [1.82, 2.24) is 4.90 Å². The van der Waals surface area contributed by atoms with Gasteiger partial charge in [0.2, 0.25) is 0 Å². The van der Waals surface area contributed by atoms with Crippen LogP contribution >= 0.6 is 0 Å². The quantitative estimate of drug-likeness (QED) is 0.546. The van der Waals surface area contributed by atoms with Gasteiger partial charge in [-0.1, -0.05) is 0 Å². The van der Waals surface area contributed by atoms with Gasteiger partial charge in [0.15, 0.2) is 12.2 Å². The number of esters is 3. The van der Waals surface area contributed by atoms with E-state index in [1.54, 1.807) is 0 Å². The van der Waals surface area contributed by atoms with E-state index in [9.17, 15) is 14.4 Å². The summed E-state index contributed by atoms with van der Waals surface area (Å²) in [5.74, 6) is -1.22. The minimum absolute atomic E-state index is 0.254. The molecule has 118 valence electrons. The second kappa shape index (κ2) is 6.43. The van der Waals surface area contributed by atoms with Crippen LogP contribution in [0.2, 0.25) is 0 Å². The molecule has 0 saturated carbocycles. The number of nitrogens with zero attached hydrogens (tertiary/aromatic N) is 1. The first-order valence-electron chi connectivity index (χ1n) is 7.14. The number of rotatable bonds is 3. The average Bonchev–Trinajstić information content (AvgIpc) is 2.66. The molecule has 2 heterocycles. The standard InChI is InChI=1S/C14H21NO6/c1-8(16)19-11-5-4-6-15-7-12(20-9(2)17)14(13(11)15)21-10(3)18/h11-14H,4-7H2,1-3H3/t11-,12-,13-,14+/m1/s1. The van der Waals surface area contributed by atoms with E-state index in [1.165, 1.54) is 20.8 Å². The predicted molar refractivity (Wildman–Crippen MR) is 71.3 cm³/mol. The van der Waals surface area contributed by atoms with Crippen molar-refractivity contribution in [2.45, 2.75) is 58.0 Å². The molecule has 0 aliphatic carbocycles. The van der Waals surface area contributed by atoms with Crippen LogP contribution in [-0.4, -0.2) is 60.3 Å².